The van der Waals surface area contributed by atoms with Crippen LogP contribution in [0.1, 0.15) is 17.5 Å². The number of rotatable bonds is 6. The summed E-state index contributed by atoms with van der Waals surface area (Å²) >= 11 is 1.68. The lowest BCUT2D eigenvalue weighted by atomic mass is 10.0. The van der Waals surface area contributed by atoms with Crippen molar-refractivity contribution in [3.63, 3.8) is 0 Å². The van der Waals surface area contributed by atoms with Gasteiger partial charge in [-0.2, -0.15) is 11.3 Å². The molecule has 1 heterocycles. The molecular formula is C15H18O2S. The molecule has 2 nitrogen and oxygen atoms in total. The van der Waals surface area contributed by atoms with Crippen molar-refractivity contribution in [1.29, 1.82) is 0 Å². The second-order valence-corrected chi connectivity index (χ2v) is 5.16. The first-order chi connectivity index (χ1) is 8.78. The third-order valence-electron chi connectivity index (χ3n) is 2.98. The fourth-order valence-electron chi connectivity index (χ4n) is 1.91. The number of aryl methyl sites for hydroxylation is 1. The number of thiophene rings is 1. The van der Waals surface area contributed by atoms with Gasteiger partial charge in [0.15, 0.2) is 0 Å². The molecular weight excluding hydrogens is 244 g/mol. The number of methoxy groups -OCH3 is 1. The van der Waals surface area contributed by atoms with E-state index >= 15 is 0 Å². The molecule has 96 valence electrons. The maximum atomic E-state index is 9.96. The molecule has 0 aliphatic carbocycles. The van der Waals surface area contributed by atoms with E-state index in [-0.39, 0.29) is 6.10 Å². The van der Waals surface area contributed by atoms with Crippen LogP contribution in [0.3, 0.4) is 0 Å². The highest BCUT2D eigenvalue weighted by atomic mass is 32.1. The van der Waals surface area contributed by atoms with Crippen LogP contribution in [0.15, 0.2) is 41.1 Å². The highest BCUT2D eigenvalue weighted by Crippen LogP contribution is 2.15. The smallest absolute Gasteiger partial charge is 0.118 e. The lowest BCUT2D eigenvalue weighted by Gasteiger charge is -2.09. The summed E-state index contributed by atoms with van der Waals surface area (Å²) in [5.74, 6) is 0.873. The second kappa shape index (κ2) is 6.57. The van der Waals surface area contributed by atoms with Gasteiger partial charge in [-0.15, -0.1) is 0 Å². The van der Waals surface area contributed by atoms with E-state index < -0.39 is 0 Å². The van der Waals surface area contributed by atoms with E-state index in [4.69, 9.17) is 4.74 Å². The Morgan fingerprint density at radius 1 is 1.17 bits per heavy atom. The zero-order valence-corrected chi connectivity index (χ0v) is 11.3. The predicted molar refractivity (Wildman–Crippen MR) is 75.3 cm³/mol. The van der Waals surface area contributed by atoms with E-state index in [0.29, 0.717) is 0 Å². The van der Waals surface area contributed by atoms with Crippen molar-refractivity contribution in [2.45, 2.75) is 25.4 Å². The van der Waals surface area contributed by atoms with Crippen LogP contribution in [0.4, 0.5) is 0 Å². The van der Waals surface area contributed by atoms with Crippen molar-refractivity contribution in [2.24, 2.45) is 0 Å². The number of benzene rings is 1. The Labute approximate surface area is 112 Å². The molecule has 2 rings (SSSR count). The summed E-state index contributed by atoms with van der Waals surface area (Å²) in [6.45, 7) is 0. The monoisotopic (exact) mass is 262 g/mol. The highest BCUT2D eigenvalue weighted by Gasteiger charge is 2.06. The van der Waals surface area contributed by atoms with Crippen LogP contribution < -0.4 is 4.74 Å². The minimum Gasteiger partial charge on any atom is -0.497 e. The largest absolute Gasteiger partial charge is 0.497 e. The summed E-state index contributed by atoms with van der Waals surface area (Å²) in [7, 11) is 1.67. The molecule has 0 saturated carbocycles. The molecule has 0 bridgehead atoms. The Kier molecular flexibility index (Phi) is 4.79. The molecule has 1 atom stereocenters. The van der Waals surface area contributed by atoms with Gasteiger partial charge in [-0.1, -0.05) is 12.1 Å². The summed E-state index contributed by atoms with van der Waals surface area (Å²) in [6, 6.07) is 10.1. The Balaban J connectivity index is 1.79. The summed E-state index contributed by atoms with van der Waals surface area (Å²) in [4.78, 5) is 0. The van der Waals surface area contributed by atoms with Crippen molar-refractivity contribution in [3.05, 3.63) is 52.2 Å². The van der Waals surface area contributed by atoms with Gasteiger partial charge in [-0.3, -0.25) is 0 Å². The summed E-state index contributed by atoms with van der Waals surface area (Å²) in [6.07, 6.45) is 2.18. The summed E-state index contributed by atoms with van der Waals surface area (Å²) < 4.78 is 5.12. The first-order valence-electron chi connectivity index (χ1n) is 6.10. The predicted octanol–water partition coefficient (Wildman–Crippen LogP) is 3.29. The molecule has 0 saturated heterocycles. The van der Waals surface area contributed by atoms with E-state index in [0.717, 1.165) is 25.0 Å². The van der Waals surface area contributed by atoms with Gasteiger partial charge >= 0.3 is 0 Å². The van der Waals surface area contributed by atoms with E-state index in [2.05, 4.69) is 23.6 Å². The quantitative estimate of drug-likeness (QED) is 0.865. The summed E-state index contributed by atoms with van der Waals surface area (Å²) in [5, 5.41) is 14.1. The van der Waals surface area contributed by atoms with Crippen LogP contribution in [0.5, 0.6) is 5.75 Å². The molecule has 0 spiro atoms. The average Bonchev–Trinajstić information content (AvgIpc) is 2.90. The van der Waals surface area contributed by atoms with Gasteiger partial charge in [0.1, 0.15) is 5.75 Å². The van der Waals surface area contributed by atoms with Gasteiger partial charge in [-0.05, 0) is 59.3 Å². The molecule has 0 aliphatic heterocycles. The molecule has 1 aromatic heterocycles. The van der Waals surface area contributed by atoms with E-state index in [1.807, 2.05) is 17.5 Å². The minimum atomic E-state index is -0.262. The first-order valence-corrected chi connectivity index (χ1v) is 7.04. The van der Waals surface area contributed by atoms with Crippen molar-refractivity contribution in [2.75, 3.05) is 7.11 Å². The van der Waals surface area contributed by atoms with Crippen LogP contribution >= 0.6 is 11.3 Å². The van der Waals surface area contributed by atoms with E-state index in [1.54, 1.807) is 18.4 Å². The number of aliphatic hydroxyl groups excluding tert-OH is 1. The molecule has 0 aliphatic rings. The zero-order chi connectivity index (χ0) is 12.8. The third-order valence-corrected chi connectivity index (χ3v) is 3.71. The Hall–Kier alpha value is -1.32. The third kappa shape index (κ3) is 3.86. The first kappa shape index (κ1) is 13.1. The molecule has 0 fully saturated rings. The van der Waals surface area contributed by atoms with Crippen molar-refractivity contribution < 1.29 is 9.84 Å². The van der Waals surface area contributed by atoms with Crippen molar-refractivity contribution >= 4 is 11.3 Å². The van der Waals surface area contributed by atoms with Gasteiger partial charge < -0.3 is 9.84 Å². The number of ether oxygens (including phenoxy) is 1. The number of aliphatic hydroxyl groups is 1. The van der Waals surface area contributed by atoms with Crippen molar-refractivity contribution in [1.82, 2.24) is 0 Å². The maximum absolute atomic E-state index is 9.96. The molecule has 1 N–H and O–H groups in total. The standard InChI is InChI=1S/C15H18O2S/c1-17-15-6-3-12(4-7-15)2-5-14(16)10-13-8-9-18-11-13/h3-4,6-9,11,14,16H,2,5,10H2,1H3. The van der Waals surface area contributed by atoms with Crippen molar-refractivity contribution in [3.8, 4) is 5.75 Å². The highest BCUT2D eigenvalue weighted by molar-refractivity contribution is 7.07. The molecule has 18 heavy (non-hydrogen) atoms. The lowest BCUT2D eigenvalue weighted by Crippen LogP contribution is -2.11. The minimum absolute atomic E-state index is 0.262. The Morgan fingerprint density at radius 3 is 2.56 bits per heavy atom. The summed E-state index contributed by atoms with van der Waals surface area (Å²) in [5.41, 5.74) is 2.46. The van der Waals surface area contributed by atoms with Crippen LogP contribution in [0, 0.1) is 0 Å². The van der Waals surface area contributed by atoms with Gasteiger partial charge in [0.05, 0.1) is 13.2 Å². The Bertz CT molecular complexity index is 448. The average molecular weight is 262 g/mol. The zero-order valence-electron chi connectivity index (χ0n) is 10.5. The number of hydrogen-bond acceptors (Lipinski definition) is 3. The van der Waals surface area contributed by atoms with E-state index in [9.17, 15) is 5.11 Å². The fraction of sp³-hybridized carbons (Fsp3) is 0.333. The SMILES string of the molecule is COc1ccc(CCC(O)Cc2ccsc2)cc1. The van der Waals surface area contributed by atoms with E-state index in [1.165, 1.54) is 11.1 Å². The second-order valence-electron chi connectivity index (χ2n) is 4.38. The molecule has 0 amide bonds. The van der Waals surface area contributed by atoms with Gasteiger partial charge in [0.2, 0.25) is 0 Å². The maximum Gasteiger partial charge on any atom is 0.118 e. The molecule has 0 radical (unpaired) electrons. The molecule has 1 unspecified atom stereocenters. The fourth-order valence-corrected chi connectivity index (χ4v) is 2.59. The molecule has 1 aromatic carbocycles. The number of hydrogen-bond donors (Lipinski definition) is 1. The molecule has 2 aromatic rings. The molecule has 3 heteroatoms. The Morgan fingerprint density at radius 2 is 1.94 bits per heavy atom. The lowest BCUT2D eigenvalue weighted by molar-refractivity contribution is 0.165. The normalized spacial score (nSPS) is 12.3. The van der Waals surface area contributed by atoms with Crippen LogP contribution in [-0.2, 0) is 12.8 Å². The van der Waals surface area contributed by atoms with Crippen LogP contribution in [-0.4, -0.2) is 18.3 Å². The van der Waals surface area contributed by atoms with Crippen LogP contribution in [0.2, 0.25) is 0 Å². The van der Waals surface area contributed by atoms with Gasteiger partial charge in [0.25, 0.3) is 0 Å². The van der Waals surface area contributed by atoms with Crippen LogP contribution in [0.25, 0.3) is 0 Å². The van der Waals surface area contributed by atoms with Gasteiger partial charge in [0, 0.05) is 0 Å². The topological polar surface area (TPSA) is 29.5 Å². The van der Waals surface area contributed by atoms with Gasteiger partial charge in [-0.25, -0.2) is 0 Å².